The van der Waals surface area contributed by atoms with Gasteiger partial charge in [0.1, 0.15) is 0 Å². The molecule has 3 heteroatoms. The van der Waals surface area contributed by atoms with Crippen LogP contribution in [0, 0.1) is 0 Å². The molecule has 18 heavy (non-hydrogen) atoms. The quantitative estimate of drug-likeness (QED) is 0.625. The molecule has 0 saturated carbocycles. The summed E-state index contributed by atoms with van der Waals surface area (Å²) in [5, 5.41) is 0. The van der Waals surface area contributed by atoms with Gasteiger partial charge in [-0.2, -0.15) is 0 Å². The van der Waals surface area contributed by atoms with Crippen molar-refractivity contribution in [1.29, 1.82) is 0 Å². The van der Waals surface area contributed by atoms with Gasteiger partial charge in [-0.25, -0.2) is 0 Å². The lowest BCUT2D eigenvalue weighted by Crippen LogP contribution is -2.39. The van der Waals surface area contributed by atoms with Gasteiger partial charge in [-0.05, 0) is 37.4 Å². The first-order valence-corrected chi connectivity index (χ1v) is 9.54. The summed E-state index contributed by atoms with van der Waals surface area (Å²) in [5.41, 5.74) is 1.37. The molecular weight excluding hydrogens is 240 g/mol. The van der Waals surface area contributed by atoms with Crippen molar-refractivity contribution in [1.82, 2.24) is 0 Å². The van der Waals surface area contributed by atoms with Crippen LogP contribution >= 0.6 is 0 Å². The lowest BCUT2D eigenvalue weighted by atomic mass is 10.2. The largest absolute Gasteiger partial charge is 0.394 e. The van der Waals surface area contributed by atoms with Crippen molar-refractivity contribution in [2.24, 2.45) is 0 Å². The lowest BCUT2D eigenvalue weighted by molar-refractivity contribution is 0.173. The third kappa shape index (κ3) is 5.80. The smallest absolute Gasteiger partial charge is 0.335 e. The Kier molecular flexibility index (Phi) is 7.24. The van der Waals surface area contributed by atoms with E-state index in [0.717, 1.165) is 38.5 Å². The summed E-state index contributed by atoms with van der Waals surface area (Å²) in [4.78, 5) is 0. The fourth-order valence-electron chi connectivity index (χ4n) is 1.84. The van der Waals surface area contributed by atoms with E-state index in [1.165, 1.54) is 5.56 Å². The summed E-state index contributed by atoms with van der Waals surface area (Å²) in [6, 6.07) is 11.6. The SMILES string of the molecule is CCCO[Si](C)(CCc1ccccc1)OCCC. The van der Waals surface area contributed by atoms with Crippen molar-refractivity contribution >= 4 is 8.56 Å². The molecule has 2 nitrogen and oxygen atoms in total. The van der Waals surface area contributed by atoms with Crippen LogP contribution in [0.3, 0.4) is 0 Å². The summed E-state index contributed by atoms with van der Waals surface area (Å²) >= 11 is 0. The zero-order valence-electron chi connectivity index (χ0n) is 11.9. The first-order chi connectivity index (χ1) is 8.70. The molecule has 1 aromatic rings. The van der Waals surface area contributed by atoms with Gasteiger partial charge in [-0.1, -0.05) is 44.2 Å². The van der Waals surface area contributed by atoms with E-state index >= 15 is 0 Å². The highest BCUT2D eigenvalue weighted by Gasteiger charge is 2.30. The molecule has 0 unspecified atom stereocenters. The standard InChI is InChI=1S/C15H26O2Si/c1-4-12-16-18(3,17-13-5-2)14-11-15-9-7-6-8-10-15/h6-10H,4-5,11-14H2,1-3H3. The number of benzene rings is 1. The second kappa shape index (κ2) is 8.46. The van der Waals surface area contributed by atoms with E-state index in [9.17, 15) is 0 Å². The van der Waals surface area contributed by atoms with Gasteiger partial charge in [0.15, 0.2) is 0 Å². The maximum absolute atomic E-state index is 6.02. The van der Waals surface area contributed by atoms with Crippen LogP contribution in [0.1, 0.15) is 32.3 Å². The second-order valence-corrected chi connectivity index (χ2v) is 8.16. The van der Waals surface area contributed by atoms with Gasteiger partial charge in [0.2, 0.25) is 0 Å². The van der Waals surface area contributed by atoms with Gasteiger partial charge in [-0.3, -0.25) is 0 Å². The molecule has 102 valence electrons. The molecule has 1 rings (SSSR count). The van der Waals surface area contributed by atoms with Crippen LogP contribution in [-0.4, -0.2) is 21.8 Å². The Bertz CT molecular complexity index is 306. The van der Waals surface area contributed by atoms with E-state index in [0.29, 0.717) is 0 Å². The van der Waals surface area contributed by atoms with E-state index in [1.807, 2.05) is 0 Å². The Morgan fingerprint density at radius 1 is 0.944 bits per heavy atom. The van der Waals surface area contributed by atoms with Crippen LogP contribution in [0.4, 0.5) is 0 Å². The summed E-state index contributed by atoms with van der Waals surface area (Å²) < 4.78 is 12.0. The molecular formula is C15H26O2Si. The predicted octanol–water partition coefficient (Wildman–Crippen LogP) is 4.15. The lowest BCUT2D eigenvalue weighted by Gasteiger charge is -2.27. The maximum atomic E-state index is 6.02. The van der Waals surface area contributed by atoms with E-state index in [2.05, 4.69) is 50.7 Å². The molecule has 0 atom stereocenters. The molecule has 0 fully saturated rings. The fraction of sp³-hybridized carbons (Fsp3) is 0.600. The van der Waals surface area contributed by atoms with Crippen LogP contribution in [0.5, 0.6) is 0 Å². The van der Waals surface area contributed by atoms with Crippen molar-refractivity contribution in [3.8, 4) is 0 Å². The zero-order chi connectivity index (χ0) is 13.3. The zero-order valence-corrected chi connectivity index (χ0v) is 12.9. The van der Waals surface area contributed by atoms with Crippen molar-refractivity contribution in [2.75, 3.05) is 13.2 Å². The molecule has 0 bridgehead atoms. The van der Waals surface area contributed by atoms with Gasteiger partial charge in [0, 0.05) is 13.2 Å². The third-order valence-electron chi connectivity index (χ3n) is 2.93. The molecule has 1 aromatic carbocycles. The van der Waals surface area contributed by atoms with Crippen molar-refractivity contribution in [3.05, 3.63) is 35.9 Å². The van der Waals surface area contributed by atoms with Crippen LogP contribution in [0.2, 0.25) is 12.6 Å². The first kappa shape index (κ1) is 15.4. The number of aryl methyl sites for hydroxylation is 1. The number of hydrogen-bond donors (Lipinski definition) is 0. The average molecular weight is 266 g/mol. The predicted molar refractivity (Wildman–Crippen MR) is 79.1 cm³/mol. The van der Waals surface area contributed by atoms with Crippen LogP contribution in [-0.2, 0) is 15.3 Å². The highest BCUT2D eigenvalue weighted by Crippen LogP contribution is 2.18. The normalized spacial score (nSPS) is 11.7. The van der Waals surface area contributed by atoms with Crippen molar-refractivity contribution in [3.63, 3.8) is 0 Å². The maximum Gasteiger partial charge on any atom is 0.335 e. The minimum absolute atomic E-state index is 0.821. The molecule has 0 radical (unpaired) electrons. The van der Waals surface area contributed by atoms with Gasteiger partial charge in [0.05, 0.1) is 0 Å². The van der Waals surface area contributed by atoms with E-state index in [-0.39, 0.29) is 0 Å². The summed E-state index contributed by atoms with van der Waals surface area (Å²) in [6.07, 6.45) is 3.17. The molecule has 0 amide bonds. The minimum atomic E-state index is -1.97. The van der Waals surface area contributed by atoms with E-state index in [1.54, 1.807) is 0 Å². The Hall–Kier alpha value is -0.643. The fourth-order valence-corrected chi connectivity index (χ4v) is 4.22. The summed E-state index contributed by atoms with van der Waals surface area (Å²) in [5.74, 6) is 0. The van der Waals surface area contributed by atoms with Crippen molar-refractivity contribution in [2.45, 2.75) is 45.7 Å². The highest BCUT2D eigenvalue weighted by atomic mass is 28.4. The molecule has 0 heterocycles. The van der Waals surface area contributed by atoms with Crippen LogP contribution < -0.4 is 0 Å². The molecule has 0 aliphatic carbocycles. The van der Waals surface area contributed by atoms with Crippen molar-refractivity contribution < 1.29 is 8.85 Å². The number of rotatable bonds is 9. The molecule has 0 saturated heterocycles. The third-order valence-corrected chi connectivity index (χ3v) is 5.72. The second-order valence-electron chi connectivity index (χ2n) is 4.82. The summed E-state index contributed by atoms with van der Waals surface area (Å²) in [6.45, 7) is 8.13. The molecule has 0 spiro atoms. The highest BCUT2D eigenvalue weighted by molar-refractivity contribution is 6.66. The van der Waals surface area contributed by atoms with Gasteiger partial charge in [-0.15, -0.1) is 0 Å². The first-order valence-electron chi connectivity index (χ1n) is 7.02. The summed E-state index contributed by atoms with van der Waals surface area (Å²) in [7, 11) is -1.97. The van der Waals surface area contributed by atoms with Gasteiger partial charge < -0.3 is 8.85 Å². The monoisotopic (exact) mass is 266 g/mol. The number of hydrogen-bond acceptors (Lipinski definition) is 2. The Morgan fingerprint density at radius 3 is 2.00 bits per heavy atom. The van der Waals surface area contributed by atoms with Gasteiger partial charge >= 0.3 is 8.56 Å². The molecule has 0 N–H and O–H groups in total. The van der Waals surface area contributed by atoms with E-state index in [4.69, 9.17) is 8.85 Å². The van der Waals surface area contributed by atoms with Crippen LogP contribution in [0.25, 0.3) is 0 Å². The average Bonchev–Trinajstić information content (AvgIpc) is 2.42. The van der Waals surface area contributed by atoms with E-state index < -0.39 is 8.56 Å². The van der Waals surface area contributed by atoms with Crippen LogP contribution in [0.15, 0.2) is 30.3 Å². The van der Waals surface area contributed by atoms with Gasteiger partial charge in [0.25, 0.3) is 0 Å². The Labute approximate surface area is 113 Å². The Balaban J connectivity index is 2.49. The molecule has 0 aliphatic rings. The molecule has 0 aliphatic heterocycles. The molecule has 0 aromatic heterocycles. The minimum Gasteiger partial charge on any atom is -0.394 e. The topological polar surface area (TPSA) is 18.5 Å². The Morgan fingerprint density at radius 2 is 1.50 bits per heavy atom.